The van der Waals surface area contributed by atoms with Gasteiger partial charge >= 0.3 is 12.1 Å². The number of hydrogen-bond acceptors (Lipinski definition) is 3. The zero-order chi connectivity index (χ0) is 16.5. The largest absolute Gasteiger partial charge is 0.478 e. The Labute approximate surface area is 127 Å². The molecule has 1 aromatic rings. The van der Waals surface area contributed by atoms with Crippen molar-refractivity contribution in [1.29, 1.82) is 0 Å². The summed E-state index contributed by atoms with van der Waals surface area (Å²) in [6.07, 6.45) is -4.56. The molecule has 1 heterocycles. The number of carboxylic acid groups (broad SMARTS) is 1. The molecular weight excluding hydrogens is 297 g/mol. The summed E-state index contributed by atoms with van der Waals surface area (Å²) in [5.41, 5.74) is -0.944. The molecule has 0 radical (unpaired) electrons. The number of rotatable bonds is 3. The van der Waals surface area contributed by atoms with Crippen LogP contribution >= 0.6 is 0 Å². The van der Waals surface area contributed by atoms with E-state index in [1.165, 1.54) is 6.07 Å². The Hall–Kier alpha value is -1.76. The maximum absolute atomic E-state index is 12.9. The Kier molecular flexibility index (Phi) is 4.65. The van der Waals surface area contributed by atoms with Crippen molar-refractivity contribution in [2.75, 3.05) is 31.1 Å². The minimum Gasteiger partial charge on any atom is -0.478 e. The van der Waals surface area contributed by atoms with Crippen LogP contribution in [-0.4, -0.2) is 48.2 Å². The second-order valence-electron chi connectivity index (χ2n) is 5.69. The van der Waals surface area contributed by atoms with Gasteiger partial charge in [-0.1, -0.05) is 0 Å². The highest BCUT2D eigenvalue weighted by molar-refractivity contribution is 5.89. The number of halogens is 3. The number of nitrogens with zero attached hydrogens (tertiary/aromatic N) is 2. The lowest BCUT2D eigenvalue weighted by molar-refractivity contribution is -0.137. The Morgan fingerprint density at radius 2 is 1.73 bits per heavy atom. The normalized spacial score (nSPS) is 17.1. The van der Waals surface area contributed by atoms with Crippen LogP contribution in [-0.2, 0) is 6.18 Å². The first-order chi connectivity index (χ1) is 10.2. The van der Waals surface area contributed by atoms with Gasteiger partial charge < -0.3 is 10.0 Å². The molecule has 0 aliphatic carbocycles. The van der Waals surface area contributed by atoms with Crippen molar-refractivity contribution in [1.82, 2.24) is 4.90 Å². The molecular formula is C15H19F3N2O2. The monoisotopic (exact) mass is 316 g/mol. The lowest BCUT2D eigenvalue weighted by Crippen LogP contribution is -2.49. The van der Waals surface area contributed by atoms with E-state index in [4.69, 9.17) is 5.11 Å². The van der Waals surface area contributed by atoms with E-state index in [0.717, 1.165) is 19.2 Å². The van der Waals surface area contributed by atoms with E-state index in [1.54, 1.807) is 4.90 Å². The Balaban J connectivity index is 2.27. The maximum atomic E-state index is 12.9. The van der Waals surface area contributed by atoms with Crippen molar-refractivity contribution in [3.8, 4) is 0 Å². The van der Waals surface area contributed by atoms with E-state index in [2.05, 4.69) is 18.7 Å². The third-order valence-electron chi connectivity index (χ3n) is 3.90. The average molecular weight is 316 g/mol. The zero-order valence-electron chi connectivity index (χ0n) is 12.5. The summed E-state index contributed by atoms with van der Waals surface area (Å²) in [4.78, 5) is 15.1. The Morgan fingerprint density at radius 3 is 2.18 bits per heavy atom. The van der Waals surface area contributed by atoms with Crippen LogP contribution in [0.4, 0.5) is 18.9 Å². The molecule has 0 unspecified atom stereocenters. The smallest absolute Gasteiger partial charge is 0.416 e. The maximum Gasteiger partial charge on any atom is 0.416 e. The number of benzene rings is 1. The van der Waals surface area contributed by atoms with E-state index >= 15 is 0 Å². The number of piperazine rings is 1. The van der Waals surface area contributed by atoms with Crippen molar-refractivity contribution in [3.05, 3.63) is 29.3 Å². The molecule has 0 bridgehead atoms. The average Bonchev–Trinajstić information content (AvgIpc) is 2.46. The molecule has 0 spiro atoms. The predicted octanol–water partition coefficient (Wildman–Crippen LogP) is 2.93. The molecule has 1 saturated heterocycles. The van der Waals surface area contributed by atoms with E-state index in [-0.39, 0.29) is 5.56 Å². The van der Waals surface area contributed by atoms with E-state index in [0.29, 0.717) is 30.9 Å². The summed E-state index contributed by atoms with van der Waals surface area (Å²) in [5, 5.41) is 9.02. The van der Waals surface area contributed by atoms with E-state index in [9.17, 15) is 18.0 Å². The molecule has 0 saturated carbocycles. The SMILES string of the molecule is CC(C)N1CCN(c2cc(C(=O)O)cc(C(F)(F)F)c2)CC1. The molecule has 0 amide bonds. The van der Waals surface area contributed by atoms with Crippen LogP contribution in [0.1, 0.15) is 29.8 Å². The second-order valence-corrected chi connectivity index (χ2v) is 5.69. The first-order valence-corrected chi connectivity index (χ1v) is 7.13. The molecule has 1 fully saturated rings. The number of anilines is 1. The minimum atomic E-state index is -4.56. The second kappa shape index (κ2) is 6.16. The number of aromatic carboxylic acids is 1. The first kappa shape index (κ1) is 16.6. The van der Waals surface area contributed by atoms with Gasteiger partial charge in [-0.15, -0.1) is 0 Å². The van der Waals surface area contributed by atoms with Gasteiger partial charge in [0.1, 0.15) is 0 Å². The highest BCUT2D eigenvalue weighted by atomic mass is 19.4. The summed E-state index contributed by atoms with van der Waals surface area (Å²) >= 11 is 0. The van der Waals surface area contributed by atoms with Crippen LogP contribution in [0.2, 0.25) is 0 Å². The first-order valence-electron chi connectivity index (χ1n) is 7.13. The summed E-state index contributed by atoms with van der Waals surface area (Å²) in [7, 11) is 0. The molecule has 4 nitrogen and oxygen atoms in total. The molecule has 7 heteroatoms. The molecule has 1 aliphatic heterocycles. The molecule has 122 valence electrons. The van der Waals surface area contributed by atoms with Gasteiger partial charge in [0, 0.05) is 37.9 Å². The van der Waals surface area contributed by atoms with Gasteiger partial charge in [-0.05, 0) is 32.0 Å². The van der Waals surface area contributed by atoms with Crippen LogP contribution in [0.15, 0.2) is 18.2 Å². The molecule has 1 aliphatic rings. The van der Waals surface area contributed by atoms with E-state index < -0.39 is 17.7 Å². The van der Waals surface area contributed by atoms with Gasteiger partial charge in [0.15, 0.2) is 0 Å². The number of carbonyl (C=O) groups is 1. The Bertz CT molecular complexity index is 550. The van der Waals surface area contributed by atoms with Crippen LogP contribution in [0.3, 0.4) is 0 Å². The molecule has 0 atom stereocenters. The fourth-order valence-electron chi connectivity index (χ4n) is 2.58. The fraction of sp³-hybridized carbons (Fsp3) is 0.533. The third-order valence-corrected chi connectivity index (χ3v) is 3.90. The molecule has 0 aromatic heterocycles. The standard InChI is InChI=1S/C15H19F3N2O2/c1-10(2)19-3-5-20(6-4-19)13-8-11(14(21)22)7-12(9-13)15(16,17)18/h7-10H,3-6H2,1-2H3,(H,21,22). The van der Waals surface area contributed by atoms with Crippen molar-refractivity contribution in [2.24, 2.45) is 0 Å². The fourth-order valence-corrected chi connectivity index (χ4v) is 2.58. The van der Waals surface area contributed by atoms with Crippen LogP contribution in [0.25, 0.3) is 0 Å². The van der Waals surface area contributed by atoms with Crippen molar-refractivity contribution >= 4 is 11.7 Å². The Morgan fingerprint density at radius 1 is 1.14 bits per heavy atom. The van der Waals surface area contributed by atoms with Crippen molar-refractivity contribution in [2.45, 2.75) is 26.1 Å². The number of alkyl halides is 3. The van der Waals surface area contributed by atoms with Gasteiger partial charge in [-0.2, -0.15) is 13.2 Å². The summed E-state index contributed by atoms with van der Waals surface area (Å²) in [6, 6.07) is 3.40. The van der Waals surface area contributed by atoms with Crippen LogP contribution in [0, 0.1) is 0 Å². The molecule has 1 aromatic carbocycles. The molecule has 22 heavy (non-hydrogen) atoms. The lowest BCUT2D eigenvalue weighted by atomic mass is 10.1. The van der Waals surface area contributed by atoms with E-state index in [1.807, 2.05) is 0 Å². The molecule has 2 rings (SSSR count). The predicted molar refractivity (Wildman–Crippen MR) is 77.3 cm³/mol. The van der Waals surface area contributed by atoms with Gasteiger partial charge in [0.05, 0.1) is 11.1 Å². The highest BCUT2D eigenvalue weighted by Gasteiger charge is 2.32. The van der Waals surface area contributed by atoms with Gasteiger partial charge in [0.25, 0.3) is 0 Å². The number of carboxylic acids is 1. The van der Waals surface area contributed by atoms with Crippen molar-refractivity contribution < 1.29 is 23.1 Å². The highest BCUT2D eigenvalue weighted by Crippen LogP contribution is 2.33. The minimum absolute atomic E-state index is 0.315. The number of hydrogen-bond donors (Lipinski definition) is 1. The van der Waals surface area contributed by atoms with Gasteiger partial charge in [-0.3, -0.25) is 4.90 Å². The van der Waals surface area contributed by atoms with Crippen LogP contribution in [0.5, 0.6) is 0 Å². The summed E-state index contributed by atoms with van der Waals surface area (Å²) in [6.45, 7) is 6.80. The quantitative estimate of drug-likeness (QED) is 0.931. The summed E-state index contributed by atoms with van der Waals surface area (Å²) < 4.78 is 38.8. The van der Waals surface area contributed by atoms with Gasteiger partial charge in [-0.25, -0.2) is 4.79 Å². The van der Waals surface area contributed by atoms with Gasteiger partial charge in [0.2, 0.25) is 0 Å². The van der Waals surface area contributed by atoms with Crippen molar-refractivity contribution in [3.63, 3.8) is 0 Å². The molecule has 1 N–H and O–H groups in total. The zero-order valence-corrected chi connectivity index (χ0v) is 12.5. The topological polar surface area (TPSA) is 43.8 Å². The lowest BCUT2D eigenvalue weighted by Gasteiger charge is -2.38. The summed E-state index contributed by atoms with van der Waals surface area (Å²) in [5.74, 6) is -1.35. The van der Waals surface area contributed by atoms with Crippen LogP contribution < -0.4 is 4.90 Å². The third kappa shape index (κ3) is 3.71.